The maximum absolute atomic E-state index is 11.8. The average Bonchev–Trinajstić information content (AvgIpc) is 2.91. The van der Waals surface area contributed by atoms with Crippen LogP contribution in [0.4, 0.5) is 0 Å². The lowest BCUT2D eigenvalue weighted by atomic mass is 10.2. The number of carbonyl (C=O) groups is 1. The largest absolute Gasteiger partial charge is 0.306 e. The molecule has 2 aromatic rings. The van der Waals surface area contributed by atoms with Crippen molar-refractivity contribution in [3.63, 3.8) is 0 Å². The number of hydrogen-bond donors (Lipinski definition) is 0. The standard InChI is InChI=1S/C12H13N3O2/c1-14(17-2)12(16)10-3-5-11(6-4-10)15-8-7-13-9-15/h3-9H,1-2H3. The molecule has 0 atom stereocenters. The molecule has 0 unspecified atom stereocenters. The zero-order valence-electron chi connectivity index (χ0n) is 9.70. The van der Waals surface area contributed by atoms with Crippen LogP contribution in [-0.2, 0) is 4.84 Å². The summed E-state index contributed by atoms with van der Waals surface area (Å²) in [6, 6.07) is 7.23. The smallest absolute Gasteiger partial charge is 0.277 e. The topological polar surface area (TPSA) is 47.4 Å². The summed E-state index contributed by atoms with van der Waals surface area (Å²) in [5.74, 6) is -0.176. The summed E-state index contributed by atoms with van der Waals surface area (Å²) in [5, 5.41) is 1.19. The Hall–Kier alpha value is -2.14. The highest BCUT2D eigenvalue weighted by Crippen LogP contribution is 2.10. The second-order valence-corrected chi connectivity index (χ2v) is 3.50. The van der Waals surface area contributed by atoms with Crippen LogP contribution in [0.2, 0.25) is 0 Å². The lowest BCUT2D eigenvalue weighted by molar-refractivity contribution is -0.0756. The monoisotopic (exact) mass is 231 g/mol. The fourth-order valence-corrected chi connectivity index (χ4v) is 1.45. The minimum absolute atomic E-state index is 0.176. The Morgan fingerprint density at radius 3 is 2.59 bits per heavy atom. The summed E-state index contributed by atoms with van der Waals surface area (Å²) in [6.07, 6.45) is 5.26. The highest BCUT2D eigenvalue weighted by atomic mass is 16.7. The van der Waals surface area contributed by atoms with Gasteiger partial charge in [0, 0.05) is 30.7 Å². The van der Waals surface area contributed by atoms with Crippen molar-refractivity contribution in [2.24, 2.45) is 0 Å². The third kappa shape index (κ3) is 2.34. The Morgan fingerprint density at radius 1 is 1.35 bits per heavy atom. The van der Waals surface area contributed by atoms with Crippen LogP contribution in [0, 0.1) is 0 Å². The molecular formula is C12H13N3O2. The van der Waals surface area contributed by atoms with E-state index in [2.05, 4.69) is 4.98 Å². The van der Waals surface area contributed by atoms with Crippen LogP contribution < -0.4 is 0 Å². The first-order valence-electron chi connectivity index (χ1n) is 5.13. The van der Waals surface area contributed by atoms with Crippen molar-refractivity contribution in [2.45, 2.75) is 0 Å². The number of hydroxylamine groups is 2. The van der Waals surface area contributed by atoms with Crippen molar-refractivity contribution in [1.29, 1.82) is 0 Å². The van der Waals surface area contributed by atoms with Crippen molar-refractivity contribution >= 4 is 5.91 Å². The minimum atomic E-state index is -0.176. The van der Waals surface area contributed by atoms with Gasteiger partial charge in [0.15, 0.2) is 0 Å². The van der Waals surface area contributed by atoms with Gasteiger partial charge in [0.2, 0.25) is 0 Å². The molecule has 0 aliphatic rings. The quantitative estimate of drug-likeness (QED) is 0.752. The summed E-state index contributed by atoms with van der Waals surface area (Å²) >= 11 is 0. The van der Waals surface area contributed by atoms with E-state index in [9.17, 15) is 4.79 Å². The van der Waals surface area contributed by atoms with Gasteiger partial charge in [0.05, 0.1) is 13.4 Å². The predicted octanol–water partition coefficient (Wildman–Crippen LogP) is 1.51. The molecule has 1 aromatic carbocycles. The fourth-order valence-electron chi connectivity index (χ4n) is 1.45. The zero-order chi connectivity index (χ0) is 12.3. The first-order chi connectivity index (χ1) is 8.22. The van der Waals surface area contributed by atoms with Crippen LogP contribution in [0.1, 0.15) is 10.4 Å². The normalized spacial score (nSPS) is 10.2. The van der Waals surface area contributed by atoms with Crippen LogP contribution in [-0.4, -0.2) is 34.7 Å². The van der Waals surface area contributed by atoms with E-state index in [1.807, 2.05) is 22.9 Å². The molecule has 5 heteroatoms. The predicted molar refractivity (Wildman–Crippen MR) is 62.7 cm³/mol. The molecule has 0 N–H and O–H groups in total. The third-order valence-electron chi connectivity index (χ3n) is 2.48. The third-order valence-corrected chi connectivity index (χ3v) is 2.48. The average molecular weight is 231 g/mol. The maximum Gasteiger partial charge on any atom is 0.277 e. The molecule has 1 amide bonds. The van der Waals surface area contributed by atoms with Crippen LogP contribution in [0.5, 0.6) is 0 Å². The molecule has 88 valence electrons. The SMILES string of the molecule is CON(C)C(=O)c1ccc(-n2ccnc2)cc1. The molecule has 1 heterocycles. The van der Waals surface area contributed by atoms with Crippen LogP contribution in [0.15, 0.2) is 43.0 Å². The number of aromatic nitrogens is 2. The van der Waals surface area contributed by atoms with Gasteiger partial charge in [-0.1, -0.05) is 0 Å². The lowest BCUT2D eigenvalue weighted by Crippen LogP contribution is -2.25. The molecule has 0 aliphatic heterocycles. The van der Waals surface area contributed by atoms with E-state index < -0.39 is 0 Å². The lowest BCUT2D eigenvalue weighted by Gasteiger charge is -2.13. The van der Waals surface area contributed by atoms with E-state index in [1.165, 1.54) is 12.2 Å². The number of benzene rings is 1. The van der Waals surface area contributed by atoms with Crippen molar-refractivity contribution < 1.29 is 9.63 Å². The molecule has 1 aromatic heterocycles. The molecule has 0 saturated carbocycles. The van der Waals surface area contributed by atoms with Gasteiger partial charge in [-0.3, -0.25) is 9.63 Å². The molecule has 0 aliphatic carbocycles. The van der Waals surface area contributed by atoms with Crippen LogP contribution >= 0.6 is 0 Å². The first-order valence-corrected chi connectivity index (χ1v) is 5.13. The summed E-state index contributed by atoms with van der Waals surface area (Å²) in [5.41, 5.74) is 1.54. The molecule has 0 radical (unpaired) electrons. The van der Waals surface area contributed by atoms with Crippen molar-refractivity contribution in [2.75, 3.05) is 14.2 Å². The van der Waals surface area contributed by atoms with E-state index in [-0.39, 0.29) is 5.91 Å². The Bertz CT molecular complexity index is 491. The van der Waals surface area contributed by atoms with Crippen molar-refractivity contribution in [3.05, 3.63) is 48.5 Å². The molecular weight excluding hydrogens is 218 g/mol. The fraction of sp³-hybridized carbons (Fsp3) is 0.167. The highest BCUT2D eigenvalue weighted by Gasteiger charge is 2.10. The van der Waals surface area contributed by atoms with Crippen LogP contribution in [0.25, 0.3) is 5.69 Å². The summed E-state index contributed by atoms with van der Waals surface area (Å²) in [6.45, 7) is 0. The molecule has 0 bridgehead atoms. The van der Waals surface area contributed by atoms with E-state index in [0.717, 1.165) is 5.69 Å². The second kappa shape index (κ2) is 4.80. The maximum atomic E-state index is 11.8. The summed E-state index contributed by atoms with van der Waals surface area (Å²) in [7, 11) is 3.03. The Labute approximate surface area is 99.2 Å². The summed E-state index contributed by atoms with van der Waals surface area (Å²) < 4.78 is 1.87. The number of imidazole rings is 1. The van der Waals surface area contributed by atoms with Gasteiger partial charge in [-0.05, 0) is 24.3 Å². The number of carbonyl (C=O) groups excluding carboxylic acids is 1. The number of rotatable bonds is 3. The first kappa shape index (κ1) is 11.3. The minimum Gasteiger partial charge on any atom is -0.306 e. The van der Waals surface area contributed by atoms with Gasteiger partial charge >= 0.3 is 0 Å². The van der Waals surface area contributed by atoms with E-state index in [4.69, 9.17) is 4.84 Å². The van der Waals surface area contributed by atoms with E-state index in [1.54, 1.807) is 31.7 Å². The zero-order valence-corrected chi connectivity index (χ0v) is 9.70. The number of amides is 1. The Balaban J connectivity index is 2.22. The number of nitrogens with zero attached hydrogens (tertiary/aromatic N) is 3. The van der Waals surface area contributed by atoms with Crippen molar-refractivity contribution in [3.8, 4) is 5.69 Å². The van der Waals surface area contributed by atoms with Gasteiger partial charge in [0.1, 0.15) is 0 Å². The van der Waals surface area contributed by atoms with Crippen molar-refractivity contribution in [1.82, 2.24) is 14.6 Å². The van der Waals surface area contributed by atoms with Gasteiger partial charge in [-0.2, -0.15) is 0 Å². The second-order valence-electron chi connectivity index (χ2n) is 3.50. The molecule has 0 fully saturated rings. The van der Waals surface area contributed by atoms with Gasteiger partial charge in [-0.25, -0.2) is 10.0 Å². The van der Waals surface area contributed by atoms with Gasteiger partial charge in [-0.15, -0.1) is 0 Å². The van der Waals surface area contributed by atoms with Crippen LogP contribution in [0.3, 0.4) is 0 Å². The molecule has 0 spiro atoms. The molecule has 2 rings (SSSR count). The van der Waals surface area contributed by atoms with E-state index >= 15 is 0 Å². The number of hydrogen-bond acceptors (Lipinski definition) is 3. The summed E-state index contributed by atoms with van der Waals surface area (Å²) in [4.78, 5) is 20.6. The van der Waals surface area contributed by atoms with Gasteiger partial charge < -0.3 is 4.57 Å². The Kier molecular flexibility index (Phi) is 3.20. The highest BCUT2D eigenvalue weighted by molar-refractivity contribution is 5.93. The molecule has 0 saturated heterocycles. The molecule has 17 heavy (non-hydrogen) atoms. The Morgan fingerprint density at radius 2 is 2.06 bits per heavy atom. The van der Waals surface area contributed by atoms with Gasteiger partial charge in [0.25, 0.3) is 5.91 Å². The molecule has 5 nitrogen and oxygen atoms in total. The van der Waals surface area contributed by atoms with E-state index in [0.29, 0.717) is 5.56 Å².